The number of rotatable bonds is 8. The Kier molecular flexibility index (Phi) is 7.10. The first-order valence-electron chi connectivity index (χ1n) is 8.12. The van der Waals surface area contributed by atoms with E-state index in [0.717, 1.165) is 5.56 Å². The zero-order valence-corrected chi connectivity index (χ0v) is 13.8. The number of amides is 2. The Morgan fingerprint density at radius 1 is 1.00 bits per heavy atom. The standard InChI is InChI=1S/C19H21FN2O3/c20-16-7-5-15(6-8-16)19(25)21-12-1-2-18(24)22-17-9-3-14(4-10-17)11-13-23/h3-10,23H,1-2,11-13H2,(H,21,25)(H,22,24). The molecule has 2 aromatic carbocycles. The second-order valence-corrected chi connectivity index (χ2v) is 5.59. The highest BCUT2D eigenvalue weighted by molar-refractivity contribution is 5.94. The quantitative estimate of drug-likeness (QED) is 0.644. The molecule has 2 amide bonds. The summed E-state index contributed by atoms with van der Waals surface area (Å²) in [5, 5.41) is 14.3. The molecule has 0 spiro atoms. The van der Waals surface area contributed by atoms with Crippen LogP contribution in [0, 0.1) is 5.82 Å². The van der Waals surface area contributed by atoms with Crippen molar-refractivity contribution in [2.45, 2.75) is 19.3 Å². The van der Waals surface area contributed by atoms with E-state index in [2.05, 4.69) is 10.6 Å². The van der Waals surface area contributed by atoms with Gasteiger partial charge < -0.3 is 15.7 Å². The number of carbonyl (C=O) groups is 2. The van der Waals surface area contributed by atoms with E-state index in [4.69, 9.17) is 5.11 Å². The summed E-state index contributed by atoms with van der Waals surface area (Å²) in [4.78, 5) is 23.7. The van der Waals surface area contributed by atoms with E-state index in [-0.39, 0.29) is 24.8 Å². The molecule has 25 heavy (non-hydrogen) atoms. The van der Waals surface area contributed by atoms with E-state index in [1.807, 2.05) is 12.1 Å². The van der Waals surface area contributed by atoms with Crippen LogP contribution in [0.5, 0.6) is 0 Å². The van der Waals surface area contributed by atoms with Crippen molar-refractivity contribution in [1.82, 2.24) is 5.32 Å². The summed E-state index contributed by atoms with van der Waals surface area (Å²) in [6.07, 6.45) is 1.37. The predicted molar refractivity (Wildman–Crippen MR) is 93.8 cm³/mol. The highest BCUT2D eigenvalue weighted by Crippen LogP contribution is 2.10. The molecule has 5 nitrogen and oxygen atoms in total. The van der Waals surface area contributed by atoms with Crippen molar-refractivity contribution in [3.63, 3.8) is 0 Å². The lowest BCUT2D eigenvalue weighted by Gasteiger charge is -2.07. The van der Waals surface area contributed by atoms with Crippen LogP contribution in [-0.2, 0) is 11.2 Å². The molecule has 0 fully saturated rings. The molecule has 0 saturated carbocycles. The molecular formula is C19H21FN2O3. The molecular weight excluding hydrogens is 323 g/mol. The number of benzene rings is 2. The van der Waals surface area contributed by atoms with E-state index in [9.17, 15) is 14.0 Å². The smallest absolute Gasteiger partial charge is 0.251 e. The number of aliphatic hydroxyl groups excluding tert-OH is 1. The van der Waals surface area contributed by atoms with Gasteiger partial charge in [0.2, 0.25) is 5.91 Å². The maximum Gasteiger partial charge on any atom is 0.251 e. The Hall–Kier alpha value is -2.73. The van der Waals surface area contributed by atoms with Crippen LogP contribution >= 0.6 is 0 Å². The highest BCUT2D eigenvalue weighted by Gasteiger charge is 2.06. The molecule has 6 heteroatoms. The molecule has 0 aromatic heterocycles. The van der Waals surface area contributed by atoms with E-state index >= 15 is 0 Å². The summed E-state index contributed by atoms with van der Waals surface area (Å²) in [6, 6.07) is 12.6. The third-order valence-corrected chi connectivity index (χ3v) is 3.61. The van der Waals surface area contributed by atoms with Crippen molar-refractivity contribution in [1.29, 1.82) is 0 Å². The van der Waals surface area contributed by atoms with Crippen molar-refractivity contribution in [2.75, 3.05) is 18.5 Å². The molecule has 0 atom stereocenters. The Balaban J connectivity index is 1.68. The van der Waals surface area contributed by atoms with Gasteiger partial charge in [0.25, 0.3) is 5.91 Å². The first-order valence-corrected chi connectivity index (χ1v) is 8.12. The van der Waals surface area contributed by atoms with Crippen LogP contribution in [0.15, 0.2) is 48.5 Å². The van der Waals surface area contributed by atoms with Gasteiger partial charge in [-0.3, -0.25) is 9.59 Å². The topological polar surface area (TPSA) is 78.4 Å². The average Bonchev–Trinajstić information content (AvgIpc) is 2.61. The summed E-state index contributed by atoms with van der Waals surface area (Å²) in [5.41, 5.74) is 2.08. The zero-order chi connectivity index (χ0) is 18.1. The second kappa shape index (κ2) is 9.54. The van der Waals surface area contributed by atoms with Crippen molar-refractivity contribution < 1.29 is 19.1 Å². The molecule has 3 N–H and O–H groups in total. The van der Waals surface area contributed by atoms with Gasteiger partial charge in [-0.15, -0.1) is 0 Å². The van der Waals surface area contributed by atoms with E-state index in [0.29, 0.717) is 30.6 Å². The fourth-order valence-corrected chi connectivity index (χ4v) is 2.26. The number of aliphatic hydroxyl groups is 1. The van der Waals surface area contributed by atoms with E-state index in [1.165, 1.54) is 24.3 Å². The minimum Gasteiger partial charge on any atom is -0.396 e. The number of anilines is 1. The van der Waals surface area contributed by atoms with Crippen LogP contribution in [0.2, 0.25) is 0 Å². The molecule has 2 aromatic rings. The summed E-state index contributed by atoms with van der Waals surface area (Å²) >= 11 is 0. The lowest BCUT2D eigenvalue weighted by molar-refractivity contribution is -0.116. The molecule has 0 unspecified atom stereocenters. The lowest BCUT2D eigenvalue weighted by Crippen LogP contribution is -2.25. The summed E-state index contributed by atoms with van der Waals surface area (Å²) in [5.74, 6) is -0.816. The van der Waals surface area contributed by atoms with Gasteiger partial charge in [0.1, 0.15) is 5.82 Å². The third kappa shape index (κ3) is 6.35. The van der Waals surface area contributed by atoms with Crippen LogP contribution in [0.4, 0.5) is 10.1 Å². The first-order chi connectivity index (χ1) is 12.1. The Morgan fingerprint density at radius 2 is 1.68 bits per heavy atom. The molecule has 132 valence electrons. The van der Waals surface area contributed by atoms with E-state index in [1.54, 1.807) is 12.1 Å². The van der Waals surface area contributed by atoms with Gasteiger partial charge in [0, 0.05) is 30.8 Å². The van der Waals surface area contributed by atoms with Crippen LogP contribution in [0.1, 0.15) is 28.8 Å². The Morgan fingerprint density at radius 3 is 2.32 bits per heavy atom. The van der Waals surface area contributed by atoms with Crippen molar-refractivity contribution in [3.8, 4) is 0 Å². The molecule has 0 aliphatic heterocycles. The molecule has 0 aliphatic rings. The molecule has 0 saturated heterocycles. The van der Waals surface area contributed by atoms with E-state index < -0.39 is 5.82 Å². The molecule has 2 rings (SSSR count). The SMILES string of the molecule is O=C(CCCNC(=O)c1ccc(F)cc1)Nc1ccc(CCO)cc1. The molecule has 0 aliphatic carbocycles. The van der Waals surface area contributed by atoms with Crippen molar-refractivity contribution >= 4 is 17.5 Å². The van der Waals surface area contributed by atoms with Crippen LogP contribution in [0.3, 0.4) is 0 Å². The highest BCUT2D eigenvalue weighted by atomic mass is 19.1. The zero-order valence-electron chi connectivity index (χ0n) is 13.8. The number of halogens is 1. The van der Waals surface area contributed by atoms with Gasteiger partial charge in [-0.05, 0) is 54.8 Å². The minimum absolute atomic E-state index is 0.0926. The van der Waals surface area contributed by atoms with Crippen molar-refractivity contribution in [2.24, 2.45) is 0 Å². The molecule has 0 heterocycles. The minimum atomic E-state index is -0.391. The Bertz CT molecular complexity index is 700. The van der Waals surface area contributed by atoms with Gasteiger partial charge in [-0.25, -0.2) is 4.39 Å². The number of carbonyl (C=O) groups excluding carboxylic acids is 2. The fraction of sp³-hybridized carbons (Fsp3) is 0.263. The summed E-state index contributed by atoms with van der Waals surface area (Å²) in [7, 11) is 0. The number of nitrogens with one attached hydrogen (secondary N) is 2. The monoisotopic (exact) mass is 344 g/mol. The number of hydrogen-bond acceptors (Lipinski definition) is 3. The first kappa shape index (κ1) is 18.6. The summed E-state index contributed by atoms with van der Waals surface area (Å²) < 4.78 is 12.8. The Labute approximate surface area is 145 Å². The van der Waals surface area contributed by atoms with Gasteiger partial charge >= 0.3 is 0 Å². The molecule has 0 bridgehead atoms. The maximum absolute atomic E-state index is 12.8. The van der Waals surface area contributed by atoms with Gasteiger partial charge in [0.05, 0.1) is 0 Å². The third-order valence-electron chi connectivity index (χ3n) is 3.61. The normalized spacial score (nSPS) is 10.3. The maximum atomic E-state index is 12.8. The molecule has 0 radical (unpaired) electrons. The van der Waals surface area contributed by atoms with Crippen LogP contribution in [-0.4, -0.2) is 30.1 Å². The predicted octanol–water partition coefficient (Wildman–Crippen LogP) is 2.51. The average molecular weight is 344 g/mol. The fourth-order valence-electron chi connectivity index (χ4n) is 2.26. The van der Waals surface area contributed by atoms with Gasteiger partial charge in [-0.2, -0.15) is 0 Å². The number of hydrogen-bond donors (Lipinski definition) is 3. The second-order valence-electron chi connectivity index (χ2n) is 5.59. The lowest BCUT2D eigenvalue weighted by atomic mass is 10.1. The summed E-state index contributed by atoms with van der Waals surface area (Å²) in [6.45, 7) is 0.453. The van der Waals surface area contributed by atoms with Gasteiger partial charge in [0.15, 0.2) is 0 Å². The van der Waals surface area contributed by atoms with Crippen LogP contribution < -0.4 is 10.6 Å². The van der Waals surface area contributed by atoms with Crippen LogP contribution in [0.25, 0.3) is 0 Å². The largest absolute Gasteiger partial charge is 0.396 e. The van der Waals surface area contributed by atoms with Gasteiger partial charge in [-0.1, -0.05) is 12.1 Å². The van der Waals surface area contributed by atoms with Crippen molar-refractivity contribution in [3.05, 3.63) is 65.5 Å².